The van der Waals surface area contributed by atoms with E-state index in [-0.39, 0.29) is 11.8 Å². The molecule has 0 aliphatic carbocycles. The summed E-state index contributed by atoms with van der Waals surface area (Å²) in [5.41, 5.74) is 3.76. The third-order valence-electron chi connectivity index (χ3n) is 6.51. The lowest BCUT2D eigenvalue weighted by Gasteiger charge is -2.23. The summed E-state index contributed by atoms with van der Waals surface area (Å²) < 4.78 is 12.2. The highest BCUT2D eigenvalue weighted by Gasteiger charge is 2.12. The minimum absolute atomic E-state index is 0.0227. The van der Waals surface area contributed by atoms with Crippen LogP contribution in [0.3, 0.4) is 0 Å². The van der Waals surface area contributed by atoms with Crippen LogP contribution in [0.4, 0.5) is 5.69 Å². The standard InChI is InChI=1S/C34H42NO4/c1-35(2,3)31-22-19-28(20-23-31)27-34(37)39-26-14-7-5-4-6-13-25-38-33-18-12-11-17-30(33)21-24-32(36)29-15-9-8-10-16-29/h8-12,15-24H,4-7,13-14,25-27H2,1-3H3/q+1/b24-21+. The number of rotatable bonds is 16. The van der Waals surface area contributed by atoms with Crippen molar-refractivity contribution in [2.45, 2.75) is 44.9 Å². The number of esters is 1. The summed E-state index contributed by atoms with van der Waals surface area (Å²) in [6, 6.07) is 25.2. The first-order valence-electron chi connectivity index (χ1n) is 13.9. The zero-order valence-electron chi connectivity index (χ0n) is 23.6. The van der Waals surface area contributed by atoms with Gasteiger partial charge in [-0.05, 0) is 48.8 Å². The largest absolute Gasteiger partial charge is 0.493 e. The third-order valence-corrected chi connectivity index (χ3v) is 6.51. The second-order valence-corrected chi connectivity index (χ2v) is 10.6. The number of hydrogen-bond acceptors (Lipinski definition) is 4. The molecule has 0 amide bonds. The molecule has 0 atom stereocenters. The highest BCUT2D eigenvalue weighted by molar-refractivity contribution is 6.06. The topological polar surface area (TPSA) is 52.6 Å². The molecule has 0 aromatic heterocycles. The first-order chi connectivity index (χ1) is 18.8. The van der Waals surface area contributed by atoms with Gasteiger partial charge in [0, 0.05) is 11.1 Å². The molecule has 206 valence electrons. The van der Waals surface area contributed by atoms with Crippen LogP contribution in [0.5, 0.6) is 5.75 Å². The van der Waals surface area contributed by atoms with E-state index in [1.165, 1.54) is 5.69 Å². The maximum absolute atomic E-state index is 12.3. The number of ether oxygens (including phenoxy) is 2. The maximum Gasteiger partial charge on any atom is 0.310 e. The van der Waals surface area contributed by atoms with E-state index in [2.05, 4.69) is 33.3 Å². The Balaban J connectivity index is 1.24. The van der Waals surface area contributed by atoms with E-state index >= 15 is 0 Å². The fourth-order valence-electron chi connectivity index (χ4n) is 4.17. The zero-order valence-corrected chi connectivity index (χ0v) is 23.6. The van der Waals surface area contributed by atoms with Gasteiger partial charge >= 0.3 is 5.97 Å². The van der Waals surface area contributed by atoms with Crippen molar-refractivity contribution in [3.05, 3.63) is 102 Å². The Bertz CT molecular complexity index is 1190. The molecule has 0 bridgehead atoms. The van der Waals surface area contributed by atoms with Gasteiger partial charge in [0.05, 0.1) is 40.8 Å². The van der Waals surface area contributed by atoms with Gasteiger partial charge in [0.2, 0.25) is 0 Å². The van der Waals surface area contributed by atoms with Crippen LogP contribution >= 0.6 is 0 Å². The Morgan fingerprint density at radius 1 is 0.718 bits per heavy atom. The molecule has 0 saturated heterocycles. The van der Waals surface area contributed by atoms with Gasteiger partial charge in [0.15, 0.2) is 5.78 Å². The summed E-state index contributed by atoms with van der Waals surface area (Å²) in [4.78, 5) is 24.5. The van der Waals surface area contributed by atoms with Crippen molar-refractivity contribution in [2.75, 3.05) is 34.4 Å². The van der Waals surface area contributed by atoms with E-state index in [9.17, 15) is 9.59 Å². The molecule has 0 unspecified atom stereocenters. The first kappa shape index (κ1) is 29.9. The summed E-state index contributed by atoms with van der Waals surface area (Å²) in [6.07, 6.45) is 9.99. The third kappa shape index (κ3) is 10.9. The molecule has 5 nitrogen and oxygen atoms in total. The molecule has 0 spiro atoms. The number of carbonyl (C=O) groups is 2. The van der Waals surface area contributed by atoms with Gasteiger partial charge in [0.1, 0.15) is 11.4 Å². The fourth-order valence-corrected chi connectivity index (χ4v) is 4.17. The zero-order chi connectivity index (χ0) is 27.9. The van der Waals surface area contributed by atoms with Crippen molar-refractivity contribution in [3.63, 3.8) is 0 Å². The molecule has 0 saturated carbocycles. The van der Waals surface area contributed by atoms with Crippen LogP contribution < -0.4 is 9.22 Å². The normalized spacial score (nSPS) is 11.5. The van der Waals surface area contributed by atoms with Crippen LogP contribution in [0.1, 0.15) is 60.0 Å². The summed E-state index contributed by atoms with van der Waals surface area (Å²) >= 11 is 0. The fraction of sp³-hybridized carbons (Fsp3) is 0.353. The molecule has 0 heterocycles. The Morgan fingerprint density at radius 3 is 2.03 bits per heavy atom. The SMILES string of the molecule is C[N+](C)(C)c1ccc(CC(=O)OCCCCCCCCOc2ccccc2/C=C/C(=O)c2ccccc2)cc1. The molecule has 0 aliphatic rings. The number of benzene rings is 3. The molecule has 3 aromatic carbocycles. The van der Waals surface area contributed by atoms with Crippen molar-refractivity contribution in [1.82, 2.24) is 4.48 Å². The molecule has 0 N–H and O–H groups in total. The smallest absolute Gasteiger partial charge is 0.310 e. The van der Waals surface area contributed by atoms with E-state index in [0.717, 1.165) is 59.9 Å². The van der Waals surface area contributed by atoms with Gasteiger partial charge in [-0.2, -0.15) is 0 Å². The lowest BCUT2D eigenvalue weighted by atomic mass is 10.1. The second-order valence-electron chi connectivity index (χ2n) is 10.6. The highest BCUT2D eigenvalue weighted by atomic mass is 16.5. The predicted octanol–water partition coefficient (Wildman–Crippen LogP) is 7.28. The number of quaternary nitrogens is 1. The average Bonchev–Trinajstić information content (AvgIpc) is 2.93. The van der Waals surface area contributed by atoms with Gasteiger partial charge in [-0.3, -0.25) is 14.1 Å². The Hall–Kier alpha value is -3.70. The van der Waals surface area contributed by atoms with E-state index in [4.69, 9.17) is 9.47 Å². The molecule has 3 aromatic rings. The van der Waals surface area contributed by atoms with Gasteiger partial charge in [-0.15, -0.1) is 0 Å². The first-order valence-corrected chi connectivity index (χ1v) is 13.9. The van der Waals surface area contributed by atoms with Gasteiger partial charge < -0.3 is 9.47 Å². The van der Waals surface area contributed by atoms with E-state index in [1.807, 2.05) is 72.8 Å². The van der Waals surface area contributed by atoms with Crippen molar-refractivity contribution >= 4 is 23.5 Å². The van der Waals surface area contributed by atoms with E-state index < -0.39 is 0 Å². The quantitative estimate of drug-likeness (QED) is 0.0644. The summed E-state index contributed by atoms with van der Waals surface area (Å²) in [7, 11) is 6.36. The molecule has 0 radical (unpaired) electrons. The summed E-state index contributed by atoms with van der Waals surface area (Å²) in [5.74, 6) is 0.607. The minimum atomic E-state index is -0.162. The predicted molar refractivity (Wildman–Crippen MR) is 160 cm³/mol. The molecule has 3 rings (SSSR count). The van der Waals surface area contributed by atoms with Gasteiger partial charge in [0.25, 0.3) is 0 Å². The van der Waals surface area contributed by atoms with Gasteiger partial charge in [-0.25, -0.2) is 0 Å². The van der Waals surface area contributed by atoms with E-state index in [1.54, 1.807) is 6.08 Å². The lowest BCUT2D eigenvalue weighted by molar-refractivity contribution is -0.142. The lowest BCUT2D eigenvalue weighted by Crippen LogP contribution is -2.34. The van der Waals surface area contributed by atoms with E-state index in [0.29, 0.717) is 25.2 Å². The molecular formula is C34H42NO4+. The van der Waals surface area contributed by atoms with Crippen LogP contribution in [0.2, 0.25) is 0 Å². The summed E-state index contributed by atoms with van der Waals surface area (Å²) in [5, 5.41) is 0. The van der Waals surface area contributed by atoms with Crippen molar-refractivity contribution in [3.8, 4) is 5.75 Å². The van der Waals surface area contributed by atoms with Crippen molar-refractivity contribution in [1.29, 1.82) is 0 Å². The Kier molecular flexibility index (Phi) is 12.0. The number of carbonyl (C=O) groups excluding carboxylic acids is 2. The van der Waals surface area contributed by atoms with Crippen LogP contribution in [0.25, 0.3) is 6.08 Å². The molecule has 0 fully saturated rings. The summed E-state index contributed by atoms with van der Waals surface area (Å²) in [6.45, 7) is 1.13. The number of para-hydroxylation sites is 1. The molecule has 39 heavy (non-hydrogen) atoms. The molecular weight excluding hydrogens is 486 g/mol. The van der Waals surface area contributed by atoms with Crippen LogP contribution in [0.15, 0.2) is 84.9 Å². The monoisotopic (exact) mass is 528 g/mol. The van der Waals surface area contributed by atoms with Crippen LogP contribution in [-0.2, 0) is 16.0 Å². The molecule has 5 heteroatoms. The Labute approximate surface area is 233 Å². The number of nitrogens with zero attached hydrogens (tertiary/aromatic N) is 1. The highest BCUT2D eigenvalue weighted by Crippen LogP contribution is 2.21. The number of hydrogen-bond donors (Lipinski definition) is 0. The Morgan fingerprint density at radius 2 is 1.33 bits per heavy atom. The van der Waals surface area contributed by atoms with Crippen LogP contribution in [0, 0.1) is 0 Å². The maximum atomic E-state index is 12.3. The van der Waals surface area contributed by atoms with Crippen molar-refractivity contribution in [2.24, 2.45) is 0 Å². The van der Waals surface area contributed by atoms with Crippen molar-refractivity contribution < 1.29 is 19.1 Å². The van der Waals surface area contributed by atoms with Gasteiger partial charge in [-0.1, -0.05) is 86.3 Å². The average molecular weight is 529 g/mol. The number of ketones is 1. The second kappa shape index (κ2) is 15.6. The number of allylic oxidation sites excluding steroid dienone is 1. The number of unbranched alkanes of at least 4 members (excludes halogenated alkanes) is 5. The minimum Gasteiger partial charge on any atom is -0.493 e. The molecule has 0 aliphatic heterocycles. The van der Waals surface area contributed by atoms with Crippen LogP contribution in [-0.4, -0.2) is 46.1 Å².